The molecule has 2 aromatic carbocycles. The molecule has 4 atom stereocenters. The van der Waals surface area contributed by atoms with Crippen molar-refractivity contribution in [1.29, 1.82) is 0 Å². The standard InChI is InChI=1S/C25H28O3/c1-25-11-10-18-19(22(25)8-9-24(25)27)7-6-16-13-23(26)21(14-20(16)18)15-4-3-5-17(12-15)28-2/h3-5,12-14,18-19,22,26H,6-11H2,1-2H3/t18-,19+,22-,25-/m0/s1. The van der Waals surface area contributed by atoms with Crippen LogP contribution in [0.2, 0.25) is 0 Å². The summed E-state index contributed by atoms with van der Waals surface area (Å²) in [5.41, 5.74) is 4.46. The van der Waals surface area contributed by atoms with Crippen molar-refractivity contribution >= 4 is 5.78 Å². The van der Waals surface area contributed by atoms with Crippen LogP contribution in [-0.4, -0.2) is 18.0 Å². The number of aromatic hydroxyl groups is 1. The second kappa shape index (κ2) is 6.37. The SMILES string of the molecule is COc1cccc(-c2cc3c(cc2O)CC[C@@H]2[C@@H]3CC[C@]3(C)C(=O)CC[C@@H]23)c1. The second-order valence-corrected chi connectivity index (χ2v) is 9.13. The average molecular weight is 376 g/mol. The van der Waals surface area contributed by atoms with Crippen LogP contribution >= 0.6 is 0 Å². The first-order chi connectivity index (χ1) is 13.5. The number of hydrogen-bond donors (Lipinski definition) is 1. The van der Waals surface area contributed by atoms with Gasteiger partial charge >= 0.3 is 0 Å². The van der Waals surface area contributed by atoms with E-state index in [2.05, 4.69) is 13.0 Å². The van der Waals surface area contributed by atoms with Gasteiger partial charge in [0.15, 0.2) is 0 Å². The number of Topliss-reactive ketones (excluding diaryl/α,β-unsaturated/α-hetero) is 1. The molecule has 0 bridgehead atoms. The highest BCUT2D eigenvalue weighted by molar-refractivity contribution is 5.87. The maximum atomic E-state index is 12.5. The van der Waals surface area contributed by atoms with Crippen LogP contribution in [0.1, 0.15) is 56.1 Å². The molecule has 0 radical (unpaired) electrons. The molecular weight excluding hydrogens is 348 g/mol. The van der Waals surface area contributed by atoms with Gasteiger partial charge in [-0.25, -0.2) is 0 Å². The quantitative estimate of drug-likeness (QED) is 0.753. The monoisotopic (exact) mass is 376 g/mol. The summed E-state index contributed by atoms with van der Waals surface area (Å²) in [6.07, 6.45) is 6.06. The number of methoxy groups -OCH3 is 1. The van der Waals surface area contributed by atoms with Crippen LogP contribution < -0.4 is 4.74 Å². The molecule has 3 aliphatic carbocycles. The molecule has 5 rings (SSSR count). The van der Waals surface area contributed by atoms with E-state index in [1.807, 2.05) is 30.3 Å². The van der Waals surface area contributed by atoms with E-state index in [1.165, 1.54) is 11.1 Å². The first-order valence-corrected chi connectivity index (χ1v) is 10.5. The number of ether oxygens (including phenoxy) is 1. The minimum absolute atomic E-state index is 0.0920. The molecule has 0 amide bonds. The molecule has 2 aromatic rings. The number of rotatable bonds is 2. The Kier molecular flexibility index (Phi) is 4.04. The van der Waals surface area contributed by atoms with Gasteiger partial charge in [-0.3, -0.25) is 4.79 Å². The van der Waals surface area contributed by atoms with Gasteiger partial charge in [0.25, 0.3) is 0 Å². The van der Waals surface area contributed by atoms with Gasteiger partial charge in [0, 0.05) is 17.4 Å². The van der Waals surface area contributed by atoms with E-state index >= 15 is 0 Å². The number of carbonyl (C=O) groups excluding carboxylic acids is 1. The zero-order chi connectivity index (χ0) is 19.5. The van der Waals surface area contributed by atoms with E-state index in [0.29, 0.717) is 29.3 Å². The van der Waals surface area contributed by atoms with E-state index in [9.17, 15) is 9.90 Å². The number of fused-ring (bicyclic) bond motifs is 5. The number of benzene rings is 2. The fraction of sp³-hybridized carbons (Fsp3) is 0.480. The summed E-state index contributed by atoms with van der Waals surface area (Å²) in [6.45, 7) is 2.22. The van der Waals surface area contributed by atoms with Gasteiger partial charge in [-0.15, -0.1) is 0 Å². The topological polar surface area (TPSA) is 46.5 Å². The second-order valence-electron chi connectivity index (χ2n) is 9.13. The summed E-state index contributed by atoms with van der Waals surface area (Å²) in [6, 6.07) is 12.1. The fourth-order valence-electron chi connectivity index (χ4n) is 6.40. The van der Waals surface area contributed by atoms with E-state index in [1.54, 1.807) is 7.11 Å². The Balaban J connectivity index is 1.56. The number of ketones is 1. The van der Waals surface area contributed by atoms with Gasteiger partial charge in [-0.2, -0.15) is 0 Å². The van der Waals surface area contributed by atoms with Crippen LogP contribution in [0.3, 0.4) is 0 Å². The van der Waals surface area contributed by atoms with E-state index in [0.717, 1.165) is 55.4 Å². The third-order valence-electron chi connectivity index (χ3n) is 7.93. The Labute approximate surface area is 166 Å². The van der Waals surface area contributed by atoms with Crippen molar-refractivity contribution in [2.75, 3.05) is 7.11 Å². The van der Waals surface area contributed by atoms with Crippen LogP contribution in [0, 0.1) is 17.3 Å². The van der Waals surface area contributed by atoms with Crippen LogP contribution in [-0.2, 0) is 11.2 Å². The third-order valence-corrected chi connectivity index (χ3v) is 7.93. The first-order valence-electron chi connectivity index (χ1n) is 10.5. The van der Waals surface area contributed by atoms with Crippen molar-refractivity contribution in [3.05, 3.63) is 47.5 Å². The third kappa shape index (κ3) is 2.52. The Morgan fingerprint density at radius 1 is 1.11 bits per heavy atom. The summed E-state index contributed by atoms with van der Waals surface area (Å²) in [5.74, 6) is 3.27. The van der Waals surface area contributed by atoms with Crippen LogP contribution in [0.4, 0.5) is 0 Å². The molecule has 0 aromatic heterocycles. The molecule has 0 heterocycles. The van der Waals surface area contributed by atoms with Crippen LogP contribution in [0.15, 0.2) is 36.4 Å². The highest BCUT2D eigenvalue weighted by Gasteiger charge is 2.54. The summed E-state index contributed by atoms with van der Waals surface area (Å²) >= 11 is 0. The predicted octanol–water partition coefficient (Wildman–Crippen LogP) is 5.49. The first kappa shape index (κ1) is 17.8. The number of aryl methyl sites for hydroxylation is 1. The molecule has 2 saturated carbocycles. The predicted molar refractivity (Wildman–Crippen MR) is 110 cm³/mol. The van der Waals surface area contributed by atoms with Gasteiger partial charge < -0.3 is 9.84 Å². The largest absolute Gasteiger partial charge is 0.507 e. The summed E-state index contributed by atoms with van der Waals surface area (Å²) < 4.78 is 5.37. The Hall–Kier alpha value is -2.29. The molecule has 3 nitrogen and oxygen atoms in total. The molecule has 2 fully saturated rings. The Morgan fingerprint density at radius 2 is 1.96 bits per heavy atom. The molecule has 1 N–H and O–H groups in total. The number of carbonyl (C=O) groups is 1. The normalized spacial score (nSPS) is 31.1. The average Bonchev–Trinajstić information content (AvgIpc) is 3.02. The van der Waals surface area contributed by atoms with Crippen molar-refractivity contribution < 1.29 is 14.6 Å². The zero-order valence-corrected chi connectivity index (χ0v) is 16.7. The van der Waals surface area contributed by atoms with E-state index < -0.39 is 0 Å². The highest BCUT2D eigenvalue weighted by Crippen LogP contribution is 2.60. The van der Waals surface area contributed by atoms with E-state index in [-0.39, 0.29) is 5.41 Å². The lowest BCUT2D eigenvalue weighted by Crippen LogP contribution is -2.42. The smallest absolute Gasteiger partial charge is 0.139 e. The van der Waals surface area contributed by atoms with Crippen molar-refractivity contribution in [2.45, 2.75) is 51.4 Å². The lowest BCUT2D eigenvalue weighted by molar-refractivity contribution is -0.129. The zero-order valence-electron chi connectivity index (χ0n) is 16.7. The van der Waals surface area contributed by atoms with E-state index in [4.69, 9.17) is 4.74 Å². The molecule has 0 saturated heterocycles. The number of hydrogen-bond acceptors (Lipinski definition) is 3. The van der Waals surface area contributed by atoms with Crippen molar-refractivity contribution in [1.82, 2.24) is 0 Å². The number of phenolic OH excluding ortho intramolecular Hbond substituents is 1. The molecule has 3 aliphatic rings. The minimum atomic E-state index is -0.0920. The molecule has 0 unspecified atom stereocenters. The molecule has 146 valence electrons. The fourth-order valence-corrected chi connectivity index (χ4v) is 6.40. The number of phenols is 1. The van der Waals surface area contributed by atoms with Gasteiger partial charge in [-0.1, -0.05) is 19.1 Å². The van der Waals surface area contributed by atoms with Gasteiger partial charge in [0.2, 0.25) is 0 Å². The van der Waals surface area contributed by atoms with Crippen molar-refractivity contribution in [2.24, 2.45) is 17.3 Å². The molecule has 3 heteroatoms. The molecule has 28 heavy (non-hydrogen) atoms. The summed E-state index contributed by atoms with van der Waals surface area (Å²) in [7, 11) is 1.67. The maximum Gasteiger partial charge on any atom is 0.139 e. The Bertz CT molecular complexity index is 947. The van der Waals surface area contributed by atoms with Gasteiger partial charge in [0.05, 0.1) is 7.11 Å². The van der Waals surface area contributed by atoms with Crippen LogP contribution in [0.25, 0.3) is 11.1 Å². The summed E-state index contributed by atoms with van der Waals surface area (Å²) in [5, 5.41) is 10.7. The van der Waals surface area contributed by atoms with Crippen molar-refractivity contribution in [3.8, 4) is 22.6 Å². The summed E-state index contributed by atoms with van der Waals surface area (Å²) in [4.78, 5) is 12.5. The Morgan fingerprint density at radius 3 is 2.79 bits per heavy atom. The van der Waals surface area contributed by atoms with Crippen LogP contribution in [0.5, 0.6) is 11.5 Å². The molecule has 0 aliphatic heterocycles. The molecular formula is C25H28O3. The highest BCUT2D eigenvalue weighted by atomic mass is 16.5. The minimum Gasteiger partial charge on any atom is -0.507 e. The molecule has 0 spiro atoms. The van der Waals surface area contributed by atoms with Gasteiger partial charge in [0.1, 0.15) is 17.3 Å². The maximum absolute atomic E-state index is 12.5. The van der Waals surface area contributed by atoms with Gasteiger partial charge in [-0.05, 0) is 90.8 Å². The lowest BCUT2D eigenvalue weighted by atomic mass is 9.55. The van der Waals surface area contributed by atoms with Crippen molar-refractivity contribution in [3.63, 3.8) is 0 Å². The lowest BCUT2D eigenvalue weighted by Gasteiger charge is -2.48.